The van der Waals surface area contributed by atoms with Crippen molar-refractivity contribution in [1.29, 1.82) is 0 Å². The lowest BCUT2D eigenvalue weighted by molar-refractivity contribution is 0.0946. The third-order valence-electron chi connectivity index (χ3n) is 10.1. The first-order valence-corrected chi connectivity index (χ1v) is 21.4. The number of fused-ring (bicyclic) bond motifs is 4. The van der Waals surface area contributed by atoms with Crippen molar-refractivity contribution in [3.05, 3.63) is 179 Å². The Kier molecular flexibility index (Phi) is 17.6. The molecule has 0 spiro atoms. The molecular formula is C52H48N10O10. The zero-order chi connectivity index (χ0) is 51.6. The molecule has 0 saturated carbocycles. The number of amides is 2. The fourth-order valence-corrected chi connectivity index (χ4v) is 6.77. The fourth-order valence-electron chi connectivity index (χ4n) is 6.77. The zero-order valence-corrected chi connectivity index (χ0v) is 38.3. The number of nitrogens with one attached hydrogen (secondary N) is 6. The minimum atomic E-state index is -0.678. The number of aromatic nitrogens is 4. The van der Waals surface area contributed by atoms with Crippen LogP contribution in [0.4, 0.5) is 0 Å². The second-order valence-corrected chi connectivity index (χ2v) is 14.9. The van der Waals surface area contributed by atoms with Crippen LogP contribution in [0, 0.1) is 0 Å². The second kappa shape index (κ2) is 24.7. The van der Waals surface area contributed by atoms with E-state index in [1.165, 1.54) is 23.2 Å². The van der Waals surface area contributed by atoms with E-state index in [1.54, 1.807) is 12.4 Å². The summed E-state index contributed by atoms with van der Waals surface area (Å²) in [5.74, 6) is -4.98. The number of aliphatic hydroxyl groups excluding tert-OH is 2. The van der Waals surface area contributed by atoms with Gasteiger partial charge < -0.3 is 60.8 Å². The van der Waals surface area contributed by atoms with Gasteiger partial charge >= 0.3 is 0 Å². The van der Waals surface area contributed by atoms with Gasteiger partial charge in [-0.25, -0.2) is 10.9 Å². The molecule has 4 aromatic heterocycles. The highest BCUT2D eigenvalue weighted by molar-refractivity contribution is 5.98. The fraction of sp³-hybridized carbons (Fsp3) is 0.0385. The third kappa shape index (κ3) is 13.3. The van der Waals surface area contributed by atoms with Crippen molar-refractivity contribution in [3.8, 4) is 34.5 Å². The van der Waals surface area contributed by atoms with Gasteiger partial charge in [-0.3, -0.25) is 9.59 Å². The van der Waals surface area contributed by atoms with Gasteiger partial charge in [0.2, 0.25) is 0 Å². The number of aromatic hydroxyl groups is 6. The molecule has 10 aromatic rings. The van der Waals surface area contributed by atoms with Crippen LogP contribution in [0.3, 0.4) is 0 Å². The van der Waals surface area contributed by atoms with E-state index < -0.39 is 46.3 Å². The number of hydrazone groups is 2. The molecule has 0 atom stereocenters. The highest BCUT2D eigenvalue weighted by atomic mass is 16.3. The summed E-state index contributed by atoms with van der Waals surface area (Å²) >= 11 is 0. The molecule has 6 aromatic carbocycles. The van der Waals surface area contributed by atoms with Crippen LogP contribution < -0.4 is 10.9 Å². The normalized spacial score (nSPS) is 11.0. The first kappa shape index (κ1) is 51.2. The molecule has 4 heterocycles. The average Bonchev–Trinajstić information content (AvgIpc) is 4.22. The standard InChI is InChI=1S/C18H14N4.2C16H13N3O4.2CH4O/c1-3-7-17-13(5-1)9-15(21-17)11-19-20-12-16-10-14-6-2-4-8-18(14)22-16;2*20-13-6-10(7-14(21)15(13)22)16(23)19-17-8-11-5-9-3-1-2-4-12(9)18-11;2*1-2/h1-12,21-22H;2*1-8,18,20-22H,(H,19,23);2*2H,1H3/b19-11+,20-12+;2*17-8+;;. The maximum Gasteiger partial charge on any atom is 0.271 e. The number of phenols is 6. The molecule has 14 N–H and O–H groups in total. The summed E-state index contributed by atoms with van der Waals surface area (Å²) in [4.78, 5) is 36.6. The number of carbonyl (C=O) groups excluding carboxylic acids is 2. The number of rotatable bonds is 9. The Hall–Kier alpha value is -10.2. The minimum absolute atomic E-state index is 0.0356. The van der Waals surface area contributed by atoms with E-state index in [2.05, 4.69) is 75.5 Å². The molecule has 72 heavy (non-hydrogen) atoms. The minimum Gasteiger partial charge on any atom is -0.504 e. The summed E-state index contributed by atoms with van der Waals surface area (Å²) in [5, 5.41) is 90.2. The van der Waals surface area contributed by atoms with Crippen molar-refractivity contribution >= 4 is 80.3 Å². The number of aliphatic hydroxyl groups is 2. The number of para-hydroxylation sites is 4. The topological polar surface area (TPSA) is 333 Å². The van der Waals surface area contributed by atoms with Gasteiger partial charge in [0.1, 0.15) is 0 Å². The van der Waals surface area contributed by atoms with Crippen LogP contribution in [0.15, 0.2) is 166 Å². The van der Waals surface area contributed by atoms with Crippen molar-refractivity contribution in [2.24, 2.45) is 20.4 Å². The van der Waals surface area contributed by atoms with Crippen molar-refractivity contribution < 1.29 is 50.4 Å². The van der Waals surface area contributed by atoms with E-state index in [9.17, 15) is 40.2 Å². The quantitative estimate of drug-likeness (QED) is 0.0385. The molecule has 0 saturated heterocycles. The highest BCUT2D eigenvalue weighted by Crippen LogP contribution is 2.36. The van der Waals surface area contributed by atoms with Gasteiger partial charge in [-0.05, 0) is 72.8 Å². The van der Waals surface area contributed by atoms with Crippen molar-refractivity contribution in [3.63, 3.8) is 0 Å². The summed E-state index contributed by atoms with van der Waals surface area (Å²) in [6.45, 7) is 0. The average molecular weight is 973 g/mol. The Bertz CT molecular complexity index is 3160. The second-order valence-electron chi connectivity index (χ2n) is 14.9. The van der Waals surface area contributed by atoms with Gasteiger partial charge in [0.25, 0.3) is 11.8 Å². The number of carbonyl (C=O) groups is 2. The van der Waals surface area contributed by atoms with Crippen LogP contribution in [0.1, 0.15) is 43.5 Å². The Balaban J connectivity index is 0.000000170. The molecule has 10 rings (SSSR count). The van der Waals surface area contributed by atoms with Crippen LogP contribution in [0.5, 0.6) is 34.5 Å². The maximum atomic E-state index is 11.9. The monoisotopic (exact) mass is 972 g/mol. The summed E-state index contributed by atoms with van der Waals surface area (Å²) in [7, 11) is 2.00. The smallest absolute Gasteiger partial charge is 0.271 e. The van der Waals surface area contributed by atoms with E-state index in [1.807, 2.05) is 97.1 Å². The van der Waals surface area contributed by atoms with Crippen molar-refractivity contribution in [2.75, 3.05) is 14.2 Å². The van der Waals surface area contributed by atoms with Crippen molar-refractivity contribution in [1.82, 2.24) is 30.8 Å². The number of hydrogen-bond acceptors (Lipinski definition) is 14. The Morgan fingerprint density at radius 2 is 0.639 bits per heavy atom. The molecule has 2 amide bonds. The number of H-pyrrole nitrogens is 4. The molecule has 0 unspecified atom stereocenters. The molecule has 0 fully saturated rings. The predicted molar refractivity (Wildman–Crippen MR) is 278 cm³/mol. The molecule has 366 valence electrons. The first-order chi connectivity index (χ1) is 35.0. The zero-order valence-electron chi connectivity index (χ0n) is 38.3. The maximum absolute atomic E-state index is 11.9. The Morgan fingerprint density at radius 3 is 0.903 bits per heavy atom. The van der Waals surface area contributed by atoms with Crippen LogP contribution in [0.25, 0.3) is 43.6 Å². The van der Waals surface area contributed by atoms with E-state index in [0.29, 0.717) is 11.4 Å². The summed E-state index contributed by atoms with van der Waals surface area (Å²) in [6, 6.07) is 43.7. The van der Waals surface area contributed by atoms with Crippen LogP contribution >= 0.6 is 0 Å². The lowest BCUT2D eigenvalue weighted by Crippen LogP contribution is -2.17. The lowest BCUT2D eigenvalue weighted by atomic mass is 10.2. The van der Waals surface area contributed by atoms with E-state index in [4.69, 9.17) is 10.2 Å². The molecule has 0 radical (unpaired) electrons. The predicted octanol–water partition coefficient (Wildman–Crippen LogP) is 7.42. The van der Waals surface area contributed by atoms with E-state index >= 15 is 0 Å². The van der Waals surface area contributed by atoms with Gasteiger partial charge in [0.15, 0.2) is 34.5 Å². The van der Waals surface area contributed by atoms with Crippen LogP contribution in [-0.2, 0) is 0 Å². The summed E-state index contributed by atoms with van der Waals surface area (Å²) in [6.07, 6.45) is 6.33. The van der Waals surface area contributed by atoms with Crippen LogP contribution in [-0.4, -0.2) is 112 Å². The van der Waals surface area contributed by atoms with Gasteiger partial charge in [0.05, 0.1) is 47.6 Å². The van der Waals surface area contributed by atoms with Gasteiger partial charge in [-0.1, -0.05) is 72.8 Å². The summed E-state index contributed by atoms with van der Waals surface area (Å²) in [5.41, 5.74) is 11.9. The third-order valence-corrected chi connectivity index (χ3v) is 10.1. The molecular weight excluding hydrogens is 925 g/mol. The Labute approximate surface area is 408 Å². The molecule has 0 aliphatic carbocycles. The molecule has 20 nitrogen and oxygen atoms in total. The van der Waals surface area contributed by atoms with Gasteiger partial charge in [-0.2, -0.15) is 20.4 Å². The highest BCUT2D eigenvalue weighted by Gasteiger charge is 2.14. The molecule has 0 aliphatic rings. The van der Waals surface area contributed by atoms with E-state index in [0.717, 1.165) is 82.7 Å². The summed E-state index contributed by atoms with van der Waals surface area (Å²) < 4.78 is 0. The molecule has 20 heteroatoms. The van der Waals surface area contributed by atoms with Crippen molar-refractivity contribution in [2.45, 2.75) is 0 Å². The van der Waals surface area contributed by atoms with Gasteiger partial charge in [-0.15, -0.1) is 0 Å². The molecule has 0 aliphatic heterocycles. The number of aromatic amines is 4. The number of benzene rings is 6. The molecule has 0 bridgehead atoms. The SMILES string of the molecule is C(=N\N=C\c1cc2ccccc2[nH]1)/c1cc2ccccc2[nH]1.CO.CO.O=C(N/N=C/c1cc2ccccc2[nH]1)c1cc(O)c(O)c(O)c1.O=C(N/N=C/c1cc2ccccc2[nH]1)c1cc(O)c(O)c(O)c1. The Morgan fingerprint density at radius 1 is 0.389 bits per heavy atom. The van der Waals surface area contributed by atoms with Crippen LogP contribution in [0.2, 0.25) is 0 Å². The largest absolute Gasteiger partial charge is 0.504 e. The lowest BCUT2D eigenvalue weighted by Gasteiger charge is -2.04. The number of hydrogen-bond donors (Lipinski definition) is 14. The first-order valence-electron chi connectivity index (χ1n) is 21.4. The van der Waals surface area contributed by atoms with E-state index in [-0.39, 0.29) is 11.1 Å². The number of phenolic OH excluding ortho intramolecular Hbond substituents is 6. The number of nitrogens with zero attached hydrogens (tertiary/aromatic N) is 4. The van der Waals surface area contributed by atoms with Gasteiger partial charge in [0, 0.05) is 69.0 Å².